The maximum absolute atomic E-state index is 13.6. The molecule has 0 bridgehead atoms. The van der Waals surface area contributed by atoms with E-state index in [2.05, 4.69) is 6.58 Å². The molecule has 0 aliphatic heterocycles. The van der Waals surface area contributed by atoms with Crippen LogP contribution in [-0.2, 0) is 5.67 Å². The maximum Gasteiger partial charge on any atom is 0.153 e. The van der Waals surface area contributed by atoms with Crippen molar-refractivity contribution in [2.24, 2.45) is 0 Å². The predicted octanol–water partition coefficient (Wildman–Crippen LogP) is 3.50. The van der Waals surface area contributed by atoms with E-state index in [9.17, 15) is 8.78 Å². The zero-order chi connectivity index (χ0) is 10.1. The lowest BCUT2D eigenvalue weighted by Crippen LogP contribution is -2.13. The first kappa shape index (κ1) is 9.90. The number of aryl methyl sites for hydroxylation is 1. The summed E-state index contributed by atoms with van der Waals surface area (Å²) in [5.74, 6) is -0.493. The van der Waals surface area contributed by atoms with Gasteiger partial charge in [-0.05, 0) is 19.4 Å². The third-order valence-corrected chi connectivity index (χ3v) is 2.10. The Balaban J connectivity index is 3.30. The van der Waals surface area contributed by atoms with E-state index < -0.39 is 11.5 Å². The number of alkyl halides is 1. The summed E-state index contributed by atoms with van der Waals surface area (Å²) < 4.78 is 27.0. The second-order valence-electron chi connectivity index (χ2n) is 3.22. The van der Waals surface area contributed by atoms with Gasteiger partial charge in [0.2, 0.25) is 0 Å². The molecule has 1 aromatic rings. The highest BCUT2D eigenvalue weighted by molar-refractivity contribution is 5.31. The molecule has 0 radical (unpaired) electrons. The average molecular weight is 182 g/mol. The summed E-state index contributed by atoms with van der Waals surface area (Å²) in [5, 5.41) is 0. The molecule has 1 aromatic carbocycles. The second kappa shape index (κ2) is 3.29. The van der Waals surface area contributed by atoms with Crippen molar-refractivity contribution in [3.63, 3.8) is 0 Å². The topological polar surface area (TPSA) is 0 Å². The van der Waals surface area contributed by atoms with Gasteiger partial charge in [-0.1, -0.05) is 30.9 Å². The van der Waals surface area contributed by atoms with Crippen LogP contribution in [0.2, 0.25) is 0 Å². The van der Waals surface area contributed by atoms with Crippen molar-refractivity contribution in [1.82, 2.24) is 0 Å². The number of benzene rings is 1. The molecule has 1 atom stereocenters. The van der Waals surface area contributed by atoms with Crippen LogP contribution in [0, 0.1) is 12.7 Å². The molecule has 0 aliphatic carbocycles. The van der Waals surface area contributed by atoms with Gasteiger partial charge >= 0.3 is 0 Å². The Morgan fingerprint density at radius 2 is 2.08 bits per heavy atom. The Hall–Kier alpha value is -1.18. The number of hydrogen-bond donors (Lipinski definition) is 0. The molecule has 0 aromatic heterocycles. The van der Waals surface area contributed by atoms with Gasteiger partial charge in [-0.3, -0.25) is 0 Å². The van der Waals surface area contributed by atoms with Gasteiger partial charge < -0.3 is 0 Å². The number of allylic oxidation sites excluding steroid dienone is 1. The van der Waals surface area contributed by atoms with Crippen molar-refractivity contribution in [2.75, 3.05) is 0 Å². The lowest BCUT2D eigenvalue weighted by Gasteiger charge is -2.17. The van der Waals surface area contributed by atoms with Gasteiger partial charge in [0.1, 0.15) is 5.82 Å². The van der Waals surface area contributed by atoms with Crippen molar-refractivity contribution < 1.29 is 8.78 Å². The fraction of sp³-hybridized carbons (Fsp3) is 0.273. The van der Waals surface area contributed by atoms with Gasteiger partial charge in [-0.25, -0.2) is 8.78 Å². The van der Waals surface area contributed by atoms with E-state index in [0.717, 1.165) is 6.08 Å². The Morgan fingerprint density at radius 1 is 1.46 bits per heavy atom. The molecule has 0 spiro atoms. The van der Waals surface area contributed by atoms with E-state index in [1.54, 1.807) is 19.1 Å². The van der Waals surface area contributed by atoms with E-state index in [4.69, 9.17) is 0 Å². The molecule has 0 saturated carbocycles. The van der Waals surface area contributed by atoms with Gasteiger partial charge in [-0.15, -0.1) is 0 Å². The largest absolute Gasteiger partial charge is 0.234 e. The monoisotopic (exact) mass is 182 g/mol. The van der Waals surface area contributed by atoms with Gasteiger partial charge in [0, 0.05) is 5.56 Å². The minimum Gasteiger partial charge on any atom is -0.234 e. The van der Waals surface area contributed by atoms with E-state index in [-0.39, 0.29) is 5.56 Å². The summed E-state index contributed by atoms with van der Waals surface area (Å²) in [4.78, 5) is 0. The highest BCUT2D eigenvalue weighted by Gasteiger charge is 2.25. The van der Waals surface area contributed by atoms with E-state index >= 15 is 0 Å². The normalized spacial score (nSPS) is 15.1. The zero-order valence-corrected chi connectivity index (χ0v) is 7.77. The first-order chi connectivity index (χ1) is 5.99. The summed E-state index contributed by atoms with van der Waals surface area (Å²) >= 11 is 0. The van der Waals surface area contributed by atoms with E-state index in [1.807, 2.05) is 0 Å². The summed E-state index contributed by atoms with van der Waals surface area (Å²) in [6, 6.07) is 4.68. The molecule has 0 saturated heterocycles. The molecule has 1 rings (SSSR count). The summed E-state index contributed by atoms with van der Waals surface area (Å²) in [6.45, 7) is 6.24. The molecule has 0 heterocycles. The van der Waals surface area contributed by atoms with E-state index in [1.165, 1.54) is 13.0 Å². The van der Waals surface area contributed by atoms with Crippen LogP contribution in [0.15, 0.2) is 30.9 Å². The molecule has 0 nitrogen and oxygen atoms in total. The smallest absolute Gasteiger partial charge is 0.153 e. The fourth-order valence-electron chi connectivity index (χ4n) is 1.13. The van der Waals surface area contributed by atoms with Crippen molar-refractivity contribution in [3.05, 3.63) is 47.8 Å². The highest BCUT2D eigenvalue weighted by Crippen LogP contribution is 2.29. The SMILES string of the molecule is C=CC(C)(F)c1cccc(C)c1F. The Kier molecular flexibility index (Phi) is 2.50. The van der Waals surface area contributed by atoms with Gasteiger partial charge in [0.15, 0.2) is 5.67 Å². The molecule has 0 N–H and O–H groups in total. The molecule has 0 aliphatic rings. The van der Waals surface area contributed by atoms with Crippen LogP contribution in [0.25, 0.3) is 0 Å². The van der Waals surface area contributed by atoms with E-state index in [0.29, 0.717) is 5.56 Å². The van der Waals surface area contributed by atoms with Crippen LogP contribution in [0.4, 0.5) is 8.78 Å². The maximum atomic E-state index is 13.6. The number of hydrogen-bond acceptors (Lipinski definition) is 0. The summed E-state index contributed by atoms with van der Waals surface area (Å²) in [6.07, 6.45) is 1.10. The van der Waals surface area contributed by atoms with Crippen molar-refractivity contribution in [2.45, 2.75) is 19.5 Å². The van der Waals surface area contributed by atoms with Crippen molar-refractivity contribution in [1.29, 1.82) is 0 Å². The van der Waals surface area contributed by atoms with Gasteiger partial charge in [-0.2, -0.15) is 0 Å². The quantitative estimate of drug-likeness (QED) is 0.614. The Labute approximate surface area is 76.9 Å². The molecule has 70 valence electrons. The van der Waals surface area contributed by atoms with Crippen LogP contribution in [0.5, 0.6) is 0 Å². The molecule has 0 fully saturated rings. The van der Waals surface area contributed by atoms with Gasteiger partial charge in [0.05, 0.1) is 0 Å². The minimum atomic E-state index is -1.80. The number of rotatable bonds is 2. The lowest BCUT2D eigenvalue weighted by atomic mass is 9.96. The van der Waals surface area contributed by atoms with Crippen LogP contribution in [0.1, 0.15) is 18.1 Å². The predicted molar refractivity (Wildman–Crippen MR) is 49.8 cm³/mol. The first-order valence-corrected chi connectivity index (χ1v) is 4.07. The Bertz CT molecular complexity index is 327. The van der Waals surface area contributed by atoms with Crippen molar-refractivity contribution >= 4 is 0 Å². The van der Waals surface area contributed by atoms with Crippen LogP contribution < -0.4 is 0 Å². The van der Waals surface area contributed by atoms with Crippen LogP contribution in [-0.4, -0.2) is 0 Å². The third-order valence-electron chi connectivity index (χ3n) is 2.10. The number of halogens is 2. The third kappa shape index (κ3) is 1.77. The lowest BCUT2D eigenvalue weighted by molar-refractivity contribution is 0.255. The summed E-state index contributed by atoms with van der Waals surface area (Å²) in [5.41, 5.74) is -1.30. The Morgan fingerprint density at radius 3 is 2.62 bits per heavy atom. The standard InChI is InChI=1S/C11H12F2/c1-4-11(3,13)9-7-5-6-8(2)10(9)12/h4-7H,1H2,2-3H3. The first-order valence-electron chi connectivity index (χ1n) is 4.07. The molecule has 1 unspecified atom stereocenters. The van der Waals surface area contributed by atoms with Crippen molar-refractivity contribution in [3.8, 4) is 0 Å². The van der Waals surface area contributed by atoms with Gasteiger partial charge in [0.25, 0.3) is 0 Å². The molecule has 13 heavy (non-hydrogen) atoms. The molecule has 0 amide bonds. The zero-order valence-electron chi connectivity index (χ0n) is 7.77. The van der Waals surface area contributed by atoms with Crippen LogP contribution >= 0.6 is 0 Å². The minimum absolute atomic E-state index is 0.0440. The molecular weight excluding hydrogens is 170 g/mol. The fourth-order valence-corrected chi connectivity index (χ4v) is 1.13. The molecule has 2 heteroatoms. The van der Waals surface area contributed by atoms with Crippen LogP contribution in [0.3, 0.4) is 0 Å². The summed E-state index contributed by atoms with van der Waals surface area (Å²) in [7, 11) is 0. The average Bonchev–Trinajstić information content (AvgIpc) is 2.09. The highest BCUT2D eigenvalue weighted by atomic mass is 19.1. The second-order valence-corrected chi connectivity index (χ2v) is 3.22. The molecular formula is C11H12F2.